The molecule has 25 heavy (non-hydrogen) atoms. The molecule has 0 atom stereocenters. The summed E-state index contributed by atoms with van der Waals surface area (Å²) in [7, 11) is 0. The second-order valence-corrected chi connectivity index (χ2v) is 6.20. The Morgan fingerprint density at radius 3 is 2.48 bits per heavy atom. The number of hydrogen-bond acceptors (Lipinski definition) is 3. The van der Waals surface area contributed by atoms with Crippen LogP contribution in [0.1, 0.15) is 24.0 Å². The normalized spacial score (nSPS) is 19.1. The molecule has 0 unspecified atom stereocenters. The monoisotopic (exact) mass is 346 g/mol. The molecule has 1 amide bonds. The minimum Gasteiger partial charge on any atom is -0.445 e. The maximum Gasteiger partial charge on any atom is 0.407 e. The molecule has 2 N–H and O–H groups in total. The van der Waals surface area contributed by atoms with Gasteiger partial charge in [-0.25, -0.2) is 13.6 Å². The number of carbonyl (C=O) groups is 1. The number of amides is 1. The first kappa shape index (κ1) is 17.4. The fraction of sp³-hybridized carbons (Fsp3) is 0.316. The van der Waals surface area contributed by atoms with Crippen LogP contribution in [0.4, 0.5) is 13.6 Å². The topological polar surface area (TPSA) is 50.4 Å². The first-order chi connectivity index (χ1) is 12.1. The van der Waals surface area contributed by atoms with Crippen LogP contribution in [-0.2, 0) is 17.9 Å². The van der Waals surface area contributed by atoms with Gasteiger partial charge in [-0.3, -0.25) is 0 Å². The second kappa shape index (κ2) is 8.07. The summed E-state index contributed by atoms with van der Waals surface area (Å²) >= 11 is 0. The minimum atomic E-state index is -0.842. The van der Waals surface area contributed by atoms with Gasteiger partial charge in [-0.1, -0.05) is 36.4 Å². The lowest BCUT2D eigenvalue weighted by atomic mass is 9.87. The smallest absolute Gasteiger partial charge is 0.407 e. The van der Waals surface area contributed by atoms with Crippen molar-refractivity contribution < 1.29 is 18.3 Å². The lowest BCUT2D eigenvalue weighted by molar-refractivity contribution is 0.125. The number of rotatable bonds is 6. The summed E-state index contributed by atoms with van der Waals surface area (Å²) in [4.78, 5) is 11.7. The minimum absolute atomic E-state index is 0.0747. The van der Waals surface area contributed by atoms with E-state index in [2.05, 4.69) is 10.6 Å². The van der Waals surface area contributed by atoms with Crippen molar-refractivity contribution >= 4 is 6.09 Å². The Hall–Kier alpha value is -2.47. The fourth-order valence-corrected chi connectivity index (χ4v) is 2.75. The standard InChI is InChI=1S/C19H20F2N2O2/c20-17-7-6-14(8-18(17)21)11-22-15-9-16(10-15)23-19(24)25-12-13-4-2-1-3-5-13/h1-8,15-16,22H,9-12H2,(H,23,24). The van der Waals surface area contributed by atoms with Crippen LogP contribution >= 0.6 is 0 Å². The Labute approximate surface area is 145 Å². The molecule has 1 saturated carbocycles. The molecular weight excluding hydrogens is 326 g/mol. The van der Waals surface area contributed by atoms with Crippen molar-refractivity contribution in [1.82, 2.24) is 10.6 Å². The zero-order chi connectivity index (χ0) is 17.6. The molecule has 0 saturated heterocycles. The van der Waals surface area contributed by atoms with Gasteiger partial charge in [0.1, 0.15) is 6.61 Å². The molecule has 132 valence electrons. The maximum absolute atomic E-state index is 13.1. The number of benzene rings is 2. The van der Waals surface area contributed by atoms with Crippen LogP contribution in [0.2, 0.25) is 0 Å². The number of alkyl carbamates (subject to hydrolysis) is 1. The molecule has 1 aliphatic rings. The lowest BCUT2D eigenvalue weighted by Crippen LogP contribution is -2.52. The van der Waals surface area contributed by atoms with Gasteiger partial charge in [-0.05, 0) is 36.1 Å². The molecular formula is C19H20F2N2O2. The number of carbonyl (C=O) groups excluding carboxylic acids is 1. The van der Waals surface area contributed by atoms with Crippen LogP contribution in [0.5, 0.6) is 0 Å². The molecule has 0 aliphatic heterocycles. The molecule has 0 aromatic heterocycles. The highest BCUT2D eigenvalue weighted by Gasteiger charge is 2.30. The Kier molecular flexibility index (Phi) is 5.60. The van der Waals surface area contributed by atoms with Crippen LogP contribution < -0.4 is 10.6 Å². The van der Waals surface area contributed by atoms with Gasteiger partial charge in [0.2, 0.25) is 0 Å². The van der Waals surface area contributed by atoms with Crippen molar-refractivity contribution in [1.29, 1.82) is 0 Å². The van der Waals surface area contributed by atoms with E-state index in [-0.39, 0.29) is 18.7 Å². The van der Waals surface area contributed by atoms with Gasteiger partial charge >= 0.3 is 6.09 Å². The fourth-order valence-electron chi connectivity index (χ4n) is 2.75. The number of ether oxygens (including phenoxy) is 1. The summed E-state index contributed by atoms with van der Waals surface area (Å²) in [6.45, 7) is 0.713. The van der Waals surface area contributed by atoms with Gasteiger partial charge < -0.3 is 15.4 Å². The van der Waals surface area contributed by atoms with Crippen LogP contribution in [0.15, 0.2) is 48.5 Å². The largest absolute Gasteiger partial charge is 0.445 e. The number of nitrogens with one attached hydrogen (secondary N) is 2. The third-order valence-electron chi connectivity index (χ3n) is 4.25. The van der Waals surface area contributed by atoms with Gasteiger partial charge in [0.15, 0.2) is 11.6 Å². The summed E-state index contributed by atoms with van der Waals surface area (Å²) in [5.74, 6) is -1.68. The molecule has 0 heterocycles. The third-order valence-corrected chi connectivity index (χ3v) is 4.25. The zero-order valence-corrected chi connectivity index (χ0v) is 13.7. The van der Waals surface area contributed by atoms with E-state index in [1.165, 1.54) is 6.07 Å². The maximum atomic E-state index is 13.1. The molecule has 0 spiro atoms. The first-order valence-corrected chi connectivity index (χ1v) is 8.24. The molecule has 2 aromatic carbocycles. The highest BCUT2D eigenvalue weighted by atomic mass is 19.2. The van der Waals surface area contributed by atoms with Crippen molar-refractivity contribution in [3.05, 3.63) is 71.3 Å². The van der Waals surface area contributed by atoms with E-state index in [0.29, 0.717) is 12.1 Å². The summed E-state index contributed by atoms with van der Waals surface area (Å²) < 4.78 is 31.2. The highest BCUT2D eigenvalue weighted by molar-refractivity contribution is 5.67. The Morgan fingerprint density at radius 2 is 1.76 bits per heavy atom. The number of hydrogen-bond donors (Lipinski definition) is 2. The van der Waals surface area contributed by atoms with Gasteiger partial charge in [0.25, 0.3) is 0 Å². The van der Waals surface area contributed by atoms with Crippen molar-refractivity contribution in [3.63, 3.8) is 0 Å². The molecule has 3 rings (SSSR count). The van der Waals surface area contributed by atoms with Crippen molar-refractivity contribution in [3.8, 4) is 0 Å². The second-order valence-electron chi connectivity index (χ2n) is 6.20. The highest BCUT2D eigenvalue weighted by Crippen LogP contribution is 2.21. The van der Waals surface area contributed by atoms with Gasteiger partial charge in [0.05, 0.1) is 0 Å². The molecule has 0 bridgehead atoms. The Balaban J connectivity index is 1.32. The van der Waals surface area contributed by atoms with Crippen molar-refractivity contribution in [2.45, 2.75) is 38.1 Å². The van der Waals surface area contributed by atoms with E-state index in [4.69, 9.17) is 4.74 Å². The molecule has 4 nitrogen and oxygen atoms in total. The Bertz CT molecular complexity index is 719. The predicted molar refractivity (Wildman–Crippen MR) is 89.8 cm³/mol. The summed E-state index contributed by atoms with van der Waals surface area (Å²) in [5.41, 5.74) is 1.63. The van der Waals surface area contributed by atoms with Gasteiger partial charge in [0, 0.05) is 18.6 Å². The molecule has 2 aromatic rings. The summed E-state index contributed by atoms with van der Waals surface area (Å²) in [5, 5.41) is 6.08. The van der Waals surface area contributed by atoms with E-state index < -0.39 is 17.7 Å². The van der Waals surface area contributed by atoms with Crippen LogP contribution in [-0.4, -0.2) is 18.2 Å². The predicted octanol–water partition coefficient (Wildman–Crippen LogP) is 3.51. The van der Waals surface area contributed by atoms with Crippen LogP contribution in [0, 0.1) is 11.6 Å². The SMILES string of the molecule is O=C(NC1CC(NCc2ccc(F)c(F)c2)C1)OCc1ccccc1. The molecule has 1 fully saturated rings. The van der Waals surface area contributed by atoms with Crippen LogP contribution in [0.3, 0.4) is 0 Å². The van der Waals surface area contributed by atoms with Crippen molar-refractivity contribution in [2.75, 3.05) is 0 Å². The van der Waals surface area contributed by atoms with E-state index in [0.717, 1.165) is 24.5 Å². The average Bonchev–Trinajstić information content (AvgIpc) is 2.59. The summed E-state index contributed by atoms with van der Waals surface area (Å²) in [6.07, 6.45) is 1.14. The average molecular weight is 346 g/mol. The Morgan fingerprint density at radius 1 is 1.00 bits per heavy atom. The quantitative estimate of drug-likeness (QED) is 0.842. The van der Waals surface area contributed by atoms with E-state index in [1.54, 1.807) is 6.07 Å². The van der Waals surface area contributed by atoms with E-state index in [1.807, 2.05) is 30.3 Å². The zero-order valence-electron chi connectivity index (χ0n) is 13.7. The molecule has 1 aliphatic carbocycles. The first-order valence-electron chi connectivity index (χ1n) is 8.24. The molecule has 0 radical (unpaired) electrons. The number of halogens is 2. The van der Waals surface area contributed by atoms with Crippen LogP contribution in [0.25, 0.3) is 0 Å². The van der Waals surface area contributed by atoms with Crippen molar-refractivity contribution in [2.24, 2.45) is 0 Å². The lowest BCUT2D eigenvalue weighted by Gasteiger charge is -2.36. The van der Waals surface area contributed by atoms with E-state index >= 15 is 0 Å². The summed E-state index contributed by atoms with van der Waals surface area (Å²) in [6, 6.07) is 13.7. The van der Waals surface area contributed by atoms with Gasteiger partial charge in [-0.15, -0.1) is 0 Å². The van der Waals surface area contributed by atoms with E-state index in [9.17, 15) is 13.6 Å². The van der Waals surface area contributed by atoms with Gasteiger partial charge in [-0.2, -0.15) is 0 Å². The third kappa shape index (κ3) is 5.00. The molecule has 6 heteroatoms.